The minimum Gasteiger partial charge on any atom is -0.370 e. The summed E-state index contributed by atoms with van der Waals surface area (Å²) in [4.78, 5) is 15.0. The van der Waals surface area contributed by atoms with E-state index in [0.29, 0.717) is 6.04 Å². The van der Waals surface area contributed by atoms with Crippen LogP contribution in [0, 0.1) is 21.4 Å². The minimum absolute atomic E-state index is 0.124. The average Bonchev–Trinajstić information content (AvgIpc) is 3.17. The first-order valence-electron chi connectivity index (χ1n) is 7.01. The molecule has 6 heteroatoms. The summed E-state index contributed by atoms with van der Waals surface area (Å²) in [7, 11) is 0. The molecular formula is C15H16N4O2. The molecule has 0 saturated carbocycles. The topological polar surface area (TPSA) is 73.4 Å². The van der Waals surface area contributed by atoms with Crippen molar-refractivity contribution in [3.63, 3.8) is 0 Å². The average molecular weight is 284 g/mol. The molecule has 0 unspecified atom stereocenters. The third kappa shape index (κ3) is 2.60. The van der Waals surface area contributed by atoms with Gasteiger partial charge >= 0.3 is 0 Å². The monoisotopic (exact) mass is 284 g/mol. The standard InChI is InChI=1S/C15H16N4O2/c16-10-12-9-13(3-4-15(12)19(20)21)18-8-5-14(11-18)17-6-1-2-7-17/h1-4,9,14H,5-8,11H2/t14-/m1/s1. The van der Waals surface area contributed by atoms with Crippen molar-refractivity contribution >= 4 is 11.4 Å². The number of nitrogens with zero attached hydrogens (tertiary/aromatic N) is 4. The van der Waals surface area contributed by atoms with E-state index in [9.17, 15) is 10.1 Å². The molecule has 2 aliphatic heterocycles. The highest BCUT2D eigenvalue weighted by atomic mass is 16.6. The van der Waals surface area contributed by atoms with E-state index in [4.69, 9.17) is 5.26 Å². The van der Waals surface area contributed by atoms with Crippen LogP contribution in [0.15, 0.2) is 30.4 Å². The van der Waals surface area contributed by atoms with Crippen molar-refractivity contribution in [2.45, 2.75) is 12.5 Å². The van der Waals surface area contributed by atoms with Crippen LogP contribution in [0.2, 0.25) is 0 Å². The van der Waals surface area contributed by atoms with Crippen molar-refractivity contribution in [1.29, 1.82) is 5.26 Å². The highest BCUT2D eigenvalue weighted by Crippen LogP contribution is 2.28. The van der Waals surface area contributed by atoms with Crippen LogP contribution in [0.5, 0.6) is 0 Å². The molecule has 1 aromatic rings. The summed E-state index contributed by atoms with van der Waals surface area (Å²) in [6.07, 6.45) is 5.45. The number of hydrogen-bond donors (Lipinski definition) is 0. The number of nitro groups is 1. The van der Waals surface area contributed by atoms with Crippen LogP contribution >= 0.6 is 0 Å². The quantitative estimate of drug-likeness (QED) is 0.481. The Hall–Kier alpha value is -2.39. The van der Waals surface area contributed by atoms with Gasteiger partial charge in [-0.2, -0.15) is 5.26 Å². The first kappa shape index (κ1) is 13.6. The number of anilines is 1. The van der Waals surface area contributed by atoms with Gasteiger partial charge in [-0.15, -0.1) is 0 Å². The second kappa shape index (κ2) is 5.54. The van der Waals surface area contributed by atoms with Gasteiger partial charge in [0, 0.05) is 44.0 Å². The summed E-state index contributed by atoms with van der Waals surface area (Å²) >= 11 is 0. The van der Waals surface area contributed by atoms with Crippen molar-refractivity contribution in [2.24, 2.45) is 0 Å². The highest BCUT2D eigenvalue weighted by Gasteiger charge is 2.28. The third-order valence-electron chi connectivity index (χ3n) is 4.19. The Morgan fingerprint density at radius 3 is 2.76 bits per heavy atom. The van der Waals surface area contributed by atoms with Crippen molar-refractivity contribution in [3.05, 3.63) is 46.0 Å². The van der Waals surface area contributed by atoms with E-state index < -0.39 is 4.92 Å². The molecule has 6 nitrogen and oxygen atoms in total. The van der Waals surface area contributed by atoms with Crippen molar-refractivity contribution in [3.8, 4) is 6.07 Å². The van der Waals surface area contributed by atoms with Crippen LogP contribution in [0.25, 0.3) is 0 Å². The van der Waals surface area contributed by atoms with E-state index >= 15 is 0 Å². The molecule has 2 aliphatic rings. The van der Waals surface area contributed by atoms with Gasteiger partial charge in [-0.25, -0.2) is 0 Å². The Labute approximate surface area is 123 Å². The molecule has 1 aromatic carbocycles. The summed E-state index contributed by atoms with van der Waals surface area (Å²) in [5, 5.41) is 19.9. The Balaban J connectivity index is 1.76. The predicted octanol–water partition coefficient (Wildman–Crippen LogP) is 1.92. The molecule has 21 heavy (non-hydrogen) atoms. The normalized spacial score (nSPS) is 21.7. The Morgan fingerprint density at radius 1 is 1.33 bits per heavy atom. The number of nitriles is 1. The molecule has 0 aromatic heterocycles. The first-order valence-corrected chi connectivity index (χ1v) is 7.01. The van der Waals surface area contributed by atoms with Gasteiger partial charge in [0.2, 0.25) is 0 Å². The van der Waals surface area contributed by atoms with Crippen LogP contribution in [0.4, 0.5) is 11.4 Å². The van der Waals surface area contributed by atoms with Gasteiger partial charge in [0.25, 0.3) is 5.69 Å². The fraction of sp³-hybridized carbons (Fsp3) is 0.400. The van der Waals surface area contributed by atoms with Gasteiger partial charge in [-0.3, -0.25) is 15.0 Å². The lowest BCUT2D eigenvalue weighted by molar-refractivity contribution is -0.385. The lowest BCUT2D eigenvalue weighted by Gasteiger charge is -2.24. The van der Waals surface area contributed by atoms with E-state index in [0.717, 1.165) is 38.3 Å². The van der Waals surface area contributed by atoms with Crippen LogP contribution in [0.1, 0.15) is 12.0 Å². The molecule has 0 aliphatic carbocycles. The molecule has 0 amide bonds. The number of hydrogen-bond acceptors (Lipinski definition) is 5. The predicted molar refractivity (Wildman–Crippen MR) is 79.1 cm³/mol. The van der Waals surface area contributed by atoms with Crippen LogP contribution in [-0.4, -0.2) is 42.0 Å². The highest BCUT2D eigenvalue weighted by molar-refractivity contribution is 5.60. The largest absolute Gasteiger partial charge is 0.370 e. The summed E-state index contributed by atoms with van der Waals surface area (Å²) in [5.41, 5.74) is 0.899. The van der Waals surface area contributed by atoms with Crippen molar-refractivity contribution in [1.82, 2.24) is 4.90 Å². The molecule has 108 valence electrons. The smallest absolute Gasteiger partial charge is 0.287 e. The molecule has 0 radical (unpaired) electrons. The molecule has 2 heterocycles. The summed E-state index contributed by atoms with van der Waals surface area (Å²) in [6, 6.07) is 7.23. The molecule has 1 fully saturated rings. The molecule has 0 spiro atoms. The second-order valence-electron chi connectivity index (χ2n) is 5.38. The van der Waals surface area contributed by atoms with Gasteiger partial charge in [0.15, 0.2) is 0 Å². The fourth-order valence-corrected chi connectivity index (χ4v) is 3.04. The van der Waals surface area contributed by atoms with E-state index in [1.807, 2.05) is 6.07 Å². The van der Waals surface area contributed by atoms with Gasteiger partial charge in [-0.1, -0.05) is 12.2 Å². The van der Waals surface area contributed by atoms with Gasteiger partial charge < -0.3 is 4.90 Å². The zero-order valence-corrected chi connectivity index (χ0v) is 11.6. The Bertz CT molecular complexity index is 627. The minimum atomic E-state index is -0.509. The summed E-state index contributed by atoms with van der Waals surface area (Å²) < 4.78 is 0. The number of nitro benzene ring substituents is 1. The maximum atomic E-state index is 10.9. The number of benzene rings is 1. The molecule has 3 rings (SSSR count). The molecule has 1 saturated heterocycles. The summed E-state index contributed by atoms with van der Waals surface area (Å²) in [6.45, 7) is 3.83. The van der Waals surface area contributed by atoms with Crippen LogP contribution < -0.4 is 4.90 Å². The van der Waals surface area contributed by atoms with E-state index in [-0.39, 0.29) is 11.3 Å². The van der Waals surface area contributed by atoms with Gasteiger partial charge in [0.1, 0.15) is 11.6 Å². The lowest BCUT2D eigenvalue weighted by atomic mass is 10.1. The summed E-state index contributed by atoms with van der Waals surface area (Å²) in [5.74, 6) is 0. The molecular weight excluding hydrogens is 268 g/mol. The maximum Gasteiger partial charge on any atom is 0.287 e. The second-order valence-corrected chi connectivity index (χ2v) is 5.38. The van der Waals surface area contributed by atoms with E-state index in [1.54, 1.807) is 12.1 Å². The molecule has 0 N–H and O–H groups in total. The molecule has 1 atom stereocenters. The SMILES string of the molecule is N#Cc1cc(N2CC[C@@H](N3CC=CC3)C2)ccc1[N+](=O)[O-]. The van der Waals surface area contributed by atoms with Gasteiger partial charge in [0.05, 0.1) is 4.92 Å². The lowest BCUT2D eigenvalue weighted by Crippen LogP contribution is -2.35. The number of rotatable bonds is 3. The van der Waals surface area contributed by atoms with Crippen molar-refractivity contribution in [2.75, 3.05) is 31.1 Å². The zero-order chi connectivity index (χ0) is 14.8. The fourth-order valence-electron chi connectivity index (χ4n) is 3.04. The van der Waals surface area contributed by atoms with Crippen LogP contribution in [0.3, 0.4) is 0 Å². The maximum absolute atomic E-state index is 10.9. The Morgan fingerprint density at radius 2 is 2.10 bits per heavy atom. The van der Waals surface area contributed by atoms with E-state index in [2.05, 4.69) is 22.0 Å². The molecule has 0 bridgehead atoms. The Kier molecular flexibility index (Phi) is 3.59. The van der Waals surface area contributed by atoms with Gasteiger partial charge in [-0.05, 0) is 18.6 Å². The first-order chi connectivity index (χ1) is 10.2. The van der Waals surface area contributed by atoms with Crippen molar-refractivity contribution < 1.29 is 4.92 Å². The zero-order valence-electron chi connectivity index (χ0n) is 11.6. The third-order valence-corrected chi connectivity index (χ3v) is 4.19. The van der Waals surface area contributed by atoms with E-state index in [1.165, 1.54) is 6.07 Å². The van der Waals surface area contributed by atoms with Crippen LogP contribution in [-0.2, 0) is 0 Å².